The van der Waals surface area contributed by atoms with Gasteiger partial charge in [-0.15, -0.1) is 0 Å². The average molecular weight is 463 g/mol. The van der Waals surface area contributed by atoms with E-state index in [1.165, 1.54) is 5.56 Å². The summed E-state index contributed by atoms with van der Waals surface area (Å²) in [7, 11) is 0. The number of amides is 3. The second kappa shape index (κ2) is 10.2. The molecule has 1 aromatic rings. The summed E-state index contributed by atoms with van der Waals surface area (Å²) < 4.78 is 0. The Labute approximate surface area is 203 Å². The van der Waals surface area contributed by atoms with Crippen molar-refractivity contribution in [3.05, 3.63) is 54.1 Å². The molecule has 34 heavy (non-hydrogen) atoms. The lowest BCUT2D eigenvalue weighted by Crippen LogP contribution is -2.52. The van der Waals surface area contributed by atoms with Crippen LogP contribution in [0.15, 0.2) is 48.6 Å². The fourth-order valence-electron chi connectivity index (χ4n) is 6.57. The van der Waals surface area contributed by atoms with Gasteiger partial charge in [-0.05, 0) is 43.7 Å². The number of hydrogen-bond donors (Lipinski definition) is 3. The fraction of sp³-hybridized carbons (Fsp3) is 0.571. The maximum absolute atomic E-state index is 14.1. The zero-order chi connectivity index (χ0) is 23.5. The van der Waals surface area contributed by atoms with E-state index in [-0.39, 0.29) is 29.9 Å². The van der Waals surface area contributed by atoms with Gasteiger partial charge >= 0.3 is 6.03 Å². The van der Waals surface area contributed by atoms with Gasteiger partial charge in [-0.2, -0.15) is 0 Å². The van der Waals surface area contributed by atoms with Gasteiger partial charge in [0.05, 0.1) is 12.0 Å². The molecule has 2 heterocycles. The third-order valence-corrected chi connectivity index (χ3v) is 8.20. The van der Waals surface area contributed by atoms with Crippen LogP contribution in [0.2, 0.25) is 0 Å². The molecule has 6 atom stereocenters. The Bertz CT molecular complexity index is 957. The number of benzene rings is 1. The largest absolute Gasteiger partial charge is 0.381 e. The van der Waals surface area contributed by atoms with Crippen LogP contribution >= 0.6 is 0 Å². The van der Waals surface area contributed by atoms with Crippen LogP contribution < -0.4 is 16.0 Å². The van der Waals surface area contributed by atoms with Gasteiger partial charge in [0.1, 0.15) is 0 Å². The molecular formula is C28H38N4O2. The zero-order valence-electron chi connectivity index (χ0n) is 20.2. The SMILES string of the molecule is CCCNC(=O)N[C@@H]1CCCC[C@@H]1C(=O)N1CC[C@@H]2[C@H](C3C=CC=CC3)Nc3ccccc3[C@@H]21. The summed E-state index contributed by atoms with van der Waals surface area (Å²) >= 11 is 0. The number of likely N-dealkylation sites (tertiary alicyclic amines) is 1. The summed E-state index contributed by atoms with van der Waals surface area (Å²) in [6.45, 7) is 3.49. The summed E-state index contributed by atoms with van der Waals surface area (Å²) in [5.41, 5.74) is 2.40. The lowest BCUT2D eigenvalue weighted by atomic mass is 9.75. The third kappa shape index (κ3) is 4.47. The van der Waals surface area contributed by atoms with Crippen LogP contribution in [0, 0.1) is 17.8 Å². The number of urea groups is 1. The van der Waals surface area contributed by atoms with E-state index in [1.54, 1.807) is 0 Å². The van der Waals surface area contributed by atoms with E-state index in [1.807, 2.05) is 6.92 Å². The second-order valence-electron chi connectivity index (χ2n) is 10.3. The van der Waals surface area contributed by atoms with E-state index >= 15 is 0 Å². The quantitative estimate of drug-likeness (QED) is 0.590. The lowest BCUT2D eigenvalue weighted by Gasteiger charge is -2.44. The van der Waals surface area contributed by atoms with Crippen LogP contribution in [-0.2, 0) is 4.79 Å². The summed E-state index contributed by atoms with van der Waals surface area (Å²) in [6.07, 6.45) is 15.6. The molecule has 2 aliphatic heterocycles. The van der Waals surface area contributed by atoms with Crippen molar-refractivity contribution in [2.45, 2.75) is 70.0 Å². The molecule has 1 unspecified atom stereocenters. The molecule has 0 radical (unpaired) electrons. The highest BCUT2D eigenvalue weighted by Crippen LogP contribution is 2.49. The zero-order valence-corrected chi connectivity index (χ0v) is 20.2. The Kier molecular flexibility index (Phi) is 6.93. The molecule has 3 N–H and O–H groups in total. The highest BCUT2D eigenvalue weighted by atomic mass is 16.2. The Morgan fingerprint density at radius 3 is 2.79 bits per heavy atom. The first-order chi connectivity index (χ1) is 16.7. The van der Waals surface area contributed by atoms with Gasteiger partial charge in [-0.3, -0.25) is 4.79 Å². The van der Waals surface area contributed by atoms with Gasteiger partial charge in [0.15, 0.2) is 0 Å². The van der Waals surface area contributed by atoms with Gasteiger partial charge < -0.3 is 20.9 Å². The van der Waals surface area contributed by atoms with Crippen LogP contribution in [0.1, 0.15) is 63.5 Å². The van der Waals surface area contributed by atoms with E-state index in [9.17, 15) is 9.59 Å². The van der Waals surface area contributed by atoms with Gasteiger partial charge in [0.2, 0.25) is 5.91 Å². The summed E-state index contributed by atoms with van der Waals surface area (Å²) in [5, 5.41) is 9.89. The molecule has 3 amide bonds. The summed E-state index contributed by atoms with van der Waals surface area (Å²) in [4.78, 5) is 28.6. The second-order valence-corrected chi connectivity index (χ2v) is 10.3. The van der Waals surface area contributed by atoms with Crippen molar-refractivity contribution in [1.82, 2.24) is 15.5 Å². The van der Waals surface area contributed by atoms with Gasteiger partial charge in [0, 0.05) is 42.7 Å². The first kappa shape index (κ1) is 23.0. The monoisotopic (exact) mass is 462 g/mol. The molecule has 0 bridgehead atoms. The standard InChI is InChI=1S/C28H38N4O2/c1-2-17-29-28(34)31-24-15-9-7-13-21(24)27(33)32-18-16-22-25(19-10-4-3-5-11-19)30-23-14-8-6-12-20(23)26(22)32/h3-6,8,10,12,14,19,21-22,24-26,30H,2,7,9,11,13,15-18H2,1H3,(H2,29,31,34)/t19?,21-,22+,24+,25-,26-/m0/s1. The number of nitrogens with zero attached hydrogens (tertiary/aromatic N) is 1. The van der Waals surface area contributed by atoms with Crippen molar-refractivity contribution in [1.29, 1.82) is 0 Å². The first-order valence-electron chi connectivity index (χ1n) is 13.2. The number of nitrogens with one attached hydrogen (secondary N) is 3. The first-order valence-corrected chi connectivity index (χ1v) is 13.2. The minimum absolute atomic E-state index is 0.0867. The van der Waals surface area contributed by atoms with Crippen molar-refractivity contribution in [3.8, 4) is 0 Å². The number of hydrogen-bond acceptors (Lipinski definition) is 3. The summed E-state index contributed by atoms with van der Waals surface area (Å²) in [5.74, 6) is 0.913. The number of anilines is 1. The number of carbonyl (C=O) groups is 2. The predicted octanol–water partition coefficient (Wildman–Crippen LogP) is 4.77. The molecule has 1 aromatic carbocycles. The number of para-hydroxylation sites is 1. The summed E-state index contributed by atoms with van der Waals surface area (Å²) in [6, 6.07) is 8.71. The topological polar surface area (TPSA) is 73.5 Å². The van der Waals surface area contributed by atoms with Crippen molar-refractivity contribution in [2.24, 2.45) is 17.8 Å². The Balaban J connectivity index is 1.38. The molecule has 1 saturated heterocycles. The third-order valence-electron chi connectivity index (χ3n) is 8.20. The molecule has 6 heteroatoms. The molecular weight excluding hydrogens is 424 g/mol. The number of allylic oxidation sites excluding steroid dienone is 3. The average Bonchev–Trinajstić information content (AvgIpc) is 3.33. The van der Waals surface area contributed by atoms with E-state index in [2.05, 4.69) is 69.4 Å². The normalized spacial score (nSPS) is 31.9. The van der Waals surface area contributed by atoms with Gasteiger partial charge in [-0.25, -0.2) is 4.79 Å². The predicted molar refractivity (Wildman–Crippen MR) is 135 cm³/mol. The van der Waals surface area contributed by atoms with Crippen molar-refractivity contribution in [2.75, 3.05) is 18.4 Å². The highest BCUT2D eigenvalue weighted by molar-refractivity contribution is 5.82. The molecule has 0 spiro atoms. The van der Waals surface area contributed by atoms with Crippen molar-refractivity contribution >= 4 is 17.6 Å². The maximum Gasteiger partial charge on any atom is 0.315 e. The van der Waals surface area contributed by atoms with Crippen LogP contribution in [0.5, 0.6) is 0 Å². The van der Waals surface area contributed by atoms with Crippen molar-refractivity contribution in [3.63, 3.8) is 0 Å². The van der Waals surface area contributed by atoms with E-state index in [4.69, 9.17) is 0 Å². The molecule has 1 saturated carbocycles. The van der Waals surface area contributed by atoms with Crippen LogP contribution in [0.4, 0.5) is 10.5 Å². The van der Waals surface area contributed by atoms with E-state index < -0.39 is 0 Å². The molecule has 182 valence electrons. The maximum atomic E-state index is 14.1. The van der Waals surface area contributed by atoms with E-state index in [0.29, 0.717) is 24.4 Å². The molecule has 0 aromatic heterocycles. The number of fused-ring (bicyclic) bond motifs is 3. The minimum atomic E-state index is -0.143. The van der Waals surface area contributed by atoms with E-state index in [0.717, 1.165) is 57.2 Å². The number of rotatable bonds is 5. The number of carbonyl (C=O) groups excluding carboxylic acids is 2. The molecule has 2 aliphatic carbocycles. The minimum Gasteiger partial charge on any atom is -0.381 e. The van der Waals surface area contributed by atoms with Crippen LogP contribution in [-0.4, -0.2) is 42.0 Å². The van der Waals surface area contributed by atoms with Crippen LogP contribution in [0.25, 0.3) is 0 Å². The lowest BCUT2D eigenvalue weighted by molar-refractivity contribution is -0.138. The molecule has 4 aliphatic rings. The Morgan fingerprint density at radius 2 is 1.97 bits per heavy atom. The Hall–Kier alpha value is -2.76. The fourth-order valence-corrected chi connectivity index (χ4v) is 6.57. The molecule has 2 fully saturated rings. The Morgan fingerprint density at radius 1 is 1.12 bits per heavy atom. The highest BCUT2D eigenvalue weighted by Gasteiger charge is 2.49. The van der Waals surface area contributed by atoms with Gasteiger partial charge in [0.25, 0.3) is 0 Å². The van der Waals surface area contributed by atoms with Gasteiger partial charge in [-0.1, -0.05) is 62.3 Å². The molecule has 6 nitrogen and oxygen atoms in total. The molecule has 5 rings (SSSR count). The van der Waals surface area contributed by atoms with Crippen molar-refractivity contribution < 1.29 is 9.59 Å². The van der Waals surface area contributed by atoms with Crippen LogP contribution in [0.3, 0.4) is 0 Å². The smallest absolute Gasteiger partial charge is 0.315 e.